The Hall–Kier alpha value is -2.36. The van der Waals surface area contributed by atoms with E-state index in [1.807, 2.05) is 24.3 Å². The molecule has 1 aliphatic carbocycles. The molecule has 0 N–H and O–H groups in total. The smallest absolute Gasteiger partial charge is 0.203 e. The summed E-state index contributed by atoms with van der Waals surface area (Å²) in [6.45, 7) is 0. The lowest BCUT2D eigenvalue weighted by Crippen LogP contribution is -2.13. The maximum Gasteiger partial charge on any atom is 0.203 e. The second kappa shape index (κ2) is 4.63. The van der Waals surface area contributed by atoms with Gasteiger partial charge in [-0.15, -0.1) is 0 Å². The molecule has 2 aromatic rings. The van der Waals surface area contributed by atoms with E-state index in [4.69, 9.17) is 9.47 Å². The number of hydrogen-bond acceptors (Lipinski definition) is 4. The Labute approximate surface area is 116 Å². The highest BCUT2D eigenvalue weighted by Gasteiger charge is 2.34. The summed E-state index contributed by atoms with van der Waals surface area (Å²) in [6.07, 6.45) is 0.870. The number of ether oxygens (including phenoxy) is 2. The minimum absolute atomic E-state index is 0.390. The highest BCUT2D eigenvalue weighted by molar-refractivity contribution is 6.29. The van der Waals surface area contributed by atoms with Crippen molar-refractivity contribution in [2.45, 2.75) is 12.3 Å². The third-order valence-corrected chi connectivity index (χ3v) is 3.91. The number of hydrogen-bond donors (Lipinski definition) is 0. The lowest BCUT2D eigenvalue weighted by molar-refractivity contribution is -0.130. The first-order valence-electron chi connectivity index (χ1n) is 6.36. The summed E-state index contributed by atoms with van der Waals surface area (Å²) in [5.41, 5.74) is 1.77. The molecule has 0 saturated carbocycles. The van der Waals surface area contributed by atoms with Gasteiger partial charge in [-0.2, -0.15) is 0 Å². The van der Waals surface area contributed by atoms with Crippen LogP contribution in [0.15, 0.2) is 24.3 Å². The van der Waals surface area contributed by atoms with Gasteiger partial charge < -0.3 is 9.47 Å². The molecule has 4 heteroatoms. The molecule has 0 heterocycles. The van der Waals surface area contributed by atoms with E-state index in [-0.39, 0.29) is 0 Å². The fraction of sp³-hybridized carbons (Fsp3) is 0.250. The summed E-state index contributed by atoms with van der Waals surface area (Å²) in [6, 6.07) is 7.63. The Morgan fingerprint density at radius 3 is 2.40 bits per heavy atom. The Morgan fingerprint density at radius 1 is 1.15 bits per heavy atom. The van der Waals surface area contributed by atoms with Crippen LogP contribution in [0.1, 0.15) is 17.0 Å². The topological polar surface area (TPSA) is 52.6 Å². The van der Waals surface area contributed by atoms with Gasteiger partial charge >= 0.3 is 0 Å². The van der Waals surface area contributed by atoms with Crippen LogP contribution in [0.5, 0.6) is 11.5 Å². The number of ketones is 1. The number of Topliss-reactive ketones (excluding diaryl/α,β-unsaturated/α-hetero) is 1. The van der Waals surface area contributed by atoms with Crippen LogP contribution in [-0.2, 0) is 16.0 Å². The number of carbonyl (C=O) groups excluding carboxylic acids is 2. The number of benzene rings is 2. The highest BCUT2D eigenvalue weighted by atomic mass is 16.5. The predicted octanol–water partition coefficient (Wildman–Crippen LogP) is 2.26. The van der Waals surface area contributed by atoms with Crippen LogP contribution in [0, 0.1) is 0 Å². The summed E-state index contributed by atoms with van der Waals surface area (Å²) in [4.78, 5) is 22.8. The highest BCUT2D eigenvalue weighted by Crippen LogP contribution is 2.46. The molecule has 1 unspecified atom stereocenters. The first-order valence-corrected chi connectivity index (χ1v) is 6.36. The summed E-state index contributed by atoms with van der Waals surface area (Å²) in [5.74, 6) is 0.490. The van der Waals surface area contributed by atoms with Crippen LogP contribution in [-0.4, -0.2) is 26.3 Å². The summed E-state index contributed by atoms with van der Waals surface area (Å²) in [5, 5.41) is 2.00. The van der Waals surface area contributed by atoms with Gasteiger partial charge in [0, 0.05) is 11.1 Å². The molecule has 0 saturated heterocycles. The van der Waals surface area contributed by atoms with Crippen LogP contribution in [0.25, 0.3) is 10.8 Å². The molecule has 0 spiro atoms. The molecule has 0 radical (unpaired) electrons. The molecular weight excluding hydrogens is 256 g/mol. The van der Waals surface area contributed by atoms with Crippen molar-refractivity contribution in [3.05, 3.63) is 35.4 Å². The Balaban J connectivity index is 2.35. The number of methoxy groups -OCH3 is 2. The number of rotatable bonds is 4. The first kappa shape index (κ1) is 12.7. The molecule has 3 rings (SSSR count). The molecule has 0 bridgehead atoms. The van der Waals surface area contributed by atoms with Crippen molar-refractivity contribution < 1.29 is 19.1 Å². The lowest BCUT2D eigenvalue weighted by atomic mass is 9.95. The predicted molar refractivity (Wildman–Crippen MR) is 74.6 cm³/mol. The fourth-order valence-corrected chi connectivity index (χ4v) is 3.03. The molecule has 1 aliphatic rings. The molecule has 4 nitrogen and oxygen atoms in total. The third-order valence-electron chi connectivity index (χ3n) is 3.91. The van der Waals surface area contributed by atoms with E-state index < -0.39 is 11.7 Å². The molecule has 0 fully saturated rings. The normalized spacial score (nSPS) is 16.2. The van der Waals surface area contributed by atoms with Crippen molar-refractivity contribution in [2.75, 3.05) is 14.2 Å². The van der Waals surface area contributed by atoms with Crippen LogP contribution in [0.4, 0.5) is 0 Å². The first-order chi connectivity index (χ1) is 9.71. The second-order valence-electron chi connectivity index (χ2n) is 4.80. The van der Waals surface area contributed by atoms with E-state index in [2.05, 4.69) is 0 Å². The van der Waals surface area contributed by atoms with Crippen molar-refractivity contribution in [1.82, 2.24) is 0 Å². The molecule has 0 amide bonds. The van der Waals surface area contributed by atoms with Crippen LogP contribution >= 0.6 is 0 Å². The van der Waals surface area contributed by atoms with E-state index in [0.29, 0.717) is 18.5 Å². The molecule has 20 heavy (non-hydrogen) atoms. The number of carbonyl (C=O) groups is 2. The zero-order chi connectivity index (χ0) is 14.3. The zero-order valence-corrected chi connectivity index (χ0v) is 11.3. The van der Waals surface area contributed by atoms with Gasteiger partial charge in [0.05, 0.1) is 20.1 Å². The zero-order valence-electron chi connectivity index (χ0n) is 11.3. The Morgan fingerprint density at radius 2 is 1.80 bits per heavy atom. The van der Waals surface area contributed by atoms with E-state index in [0.717, 1.165) is 27.6 Å². The average Bonchev–Trinajstić information content (AvgIpc) is 2.89. The van der Waals surface area contributed by atoms with E-state index in [1.165, 1.54) is 0 Å². The molecule has 102 valence electrons. The maximum absolute atomic E-state index is 11.9. The second-order valence-corrected chi connectivity index (χ2v) is 4.80. The summed E-state index contributed by atoms with van der Waals surface area (Å²) >= 11 is 0. The SMILES string of the molecule is COc1ccc2ccc(OC)c3c2c1CC3C(=O)C=O. The molecule has 0 aliphatic heterocycles. The minimum atomic E-state index is -0.475. The van der Waals surface area contributed by atoms with Crippen molar-refractivity contribution >= 4 is 22.8 Å². The van der Waals surface area contributed by atoms with Gasteiger partial charge in [0.15, 0.2) is 6.29 Å². The summed E-state index contributed by atoms with van der Waals surface area (Å²) in [7, 11) is 3.17. The van der Waals surface area contributed by atoms with Crippen LogP contribution in [0.2, 0.25) is 0 Å². The monoisotopic (exact) mass is 270 g/mol. The van der Waals surface area contributed by atoms with E-state index in [1.54, 1.807) is 14.2 Å². The van der Waals surface area contributed by atoms with Gasteiger partial charge in [-0.1, -0.05) is 12.1 Å². The quantitative estimate of drug-likeness (QED) is 0.631. The van der Waals surface area contributed by atoms with Gasteiger partial charge in [0.25, 0.3) is 0 Å². The van der Waals surface area contributed by atoms with Gasteiger partial charge in [0.1, 0.15) is 11.5 Å². The number of aldehydes is 1. The van der Waals surface area contributed by atoms with Crippen LogP contribution in [0.3, 0.4) is 0 Å². The van der Waals surface area contributed by atoms with Gasteiger partial charge in [-0.05, 0) is 29.3 Å². The lowest BCUT2D eigenvalue weighted by Gasteiger charge is -2.12. The van der Waals surface area contributed by atoms with Gasteiger partial charge in [0.2, 0.25) is 5.78 Å². The van der Waals surface area contributed by atoms with E-state index in [9.17, 15) is 9.59 Å². The third kappa shape index (κ3) is 1.61. The van der Waals surface area contributed by atoms with Gasteiger partial charge in [-0.25, -0.2) is 0 Å². The standard InChI is InChI=1S/C16H14O4/c1-19-13-5-3-9-4-6-14(20-2)16-10(12(18)8-17)7-11(13)15(9)16/h3-6,8,10H,7H2,1-2H3. The van der Waals surface area contributed by atoms with E-state index >= 15 is 0 Å². The largest absolute Gasteiger partial charge is 0.496 e. The van der Waals surface area contributed by atoms with Crippen molar-refractivity contribution in [1.29, 1.82) is 0 Å². The van der Waals surface area contributed by atoms with Crippen molar-refractivity contribution in [3.8, 4) is 11.5 Å². The van der Waals surface area contributed by atoms with Gasteiger partial charge in [-0.3, -0.25) is 9.59 Å². The Bertz CT molecular complexity index is 713. The maximum atomic E-state index is 11.9. The molecule has 2 aromatic carbocycles. The summed E-state index contributed by atoms with van der Waals surface area (Å²) < 4.78 is 10.7. The van der Waals surface area contributed by atoms with Crippen molar-refractivity contribution in [2.24, 2.45) is 0 Å². The minimum Gasteiger partial charge on any atom is -0.496 e. The fourth-order valence-electron chi connectivity index (χ4n) is 3.03. The molecule has 0 aromatic heterocycles. The molecular formula is C16H14O4. The Kier molecular flexibility index (Phi) is 2.93. The van der Waals surface area contributed by atoms with Crippen LogP contribution < -0.4 is 9.47 Å². The van der Waals surface area contributed by atoms with Crippen molar-refractivity contribution in [3.63, 3.8) is 0 Å². The average molecular weight is 270 g/mol. The molecule has 1 atom stereocenters.